The zero-order chi connectivity index (χ0) is 23.1. The highest BCUT2D eigenvalue weighted by Crippen LogP contribution is 2.56. The van der Waals surface area contributed by atoms with Gasteiger partial charge in [-0.2, -0.15) is 0 Å². The predicted octanol–water partition coefficient (Wildman–Crippen LogP) is 5.99. The summed E-state index contributed by atoms with van der Waals surface area (Å²) in [5.41, 5.74) is 4.62. The van der Waals surface area contributed by atoms with Gasteiger partial charge in [-0.15, -0.1) is 11.6 Å². The number of hydrogen-bond donors (Lipinski definition) is 1. The molecule has 2 heterocycles. The van der Waals surface area contributed by atoms with Crippen LogP contribution in [0.5, 0.6) is 0 Å². The van der Waals surface area contributed by atoms with Gasteiger partial charge in [0.05, 0.1) is 5.69 Å². The van der Waals surface area contributed by atoms with Gasteiger partial charge in [0.25, 0.3) is 0 Å². The quantitative estimate of drug-likeness (QED) is 0.365. The Labute approximate surface area is 204 Å². The van der Waals surface area contributed by atoms with Gasteiger partial charge in [0.1, 0.15) is 12.1 Å². The van der Waals surface area contributed by atoms with Crippen molar-refractivity contribution in [1.82, 2.24) is 15.2 Å². The summed E-state index contributed by atoms with van der Waals surface area (Å²) in [5.74, 6) is 1.28. The summed E-state index contributed by atoms with van der Waals surface area (Å²) in [6.07, 6.45) is 8.88. The molecule has 1 saturated heterocycles. The van der Waals surface area contributed by atoms with Crippen molar-refractivity contribution in [2.45, 2.75) is 43.3 Å². The molecule has 0 bridgehead atoms. The van der Waals surface area contributed by atoms with Crippen LogP contribution in [0.4, 0.5) is 4.79 Å². The van der Waals surface area contributed by atoms with Gasteiger partial charge in [0.2, 0.25) is 0 Å². The Bertz CT molecular complexity index is 1240. The van der Waals surface area contributed by atoms with E-state index in [0.29, 0.717) is 11.8 Å². The number of benzene rings is 2. The van der Waals surface area contributed by atoms with Crippen LogP contribution in [0.3, 0.4) is 0 Å². The molecule has 0 spiro atoms. The Hall–Kier alpha value is -2.89. The molecule has 1 aliphatic heterocycles. The minimum absolute atomic E-state index is 0.0912. The average Bonchev–Trinajstić information content (AvgIpc) is 3.67. The summed E-state index contributed by atoms with van der Waals surface area (Å²) in [5, 5.41) is 5.53. The largest absolute Gasteiger partial charge is 0.443 e. The van der Waals surface area contributed by atoms with Crippen molar-refractivity contribution in [3.63, 3.8) is 0 Å². The molecule has 3 atom stereocenters. The average molecular weight is 474 g/mol. The highest BCUT2D eigenvalue weighted by molar-refractivity contribution is 6.22. The lowest BCUT2D eigenvalue weighted by Gasteiger charge is -2.36. The number of halogens is 1. The molecular weight excluding hydrogens is 446 g/mol. The van der Waals surface area contributed by atoms with Gasteiger partial charge in [0, 0.05) is 25.3 Å². The number of piperidine rings is 1. The Morgan fingerprint density at radius 1 is 1.18 bits per heavy atom. The summed E-state index contributed by atoms with van der Waals surface area (Å²) in [7, 11) is 0. The van der Waals surface area contributed by atoms with E-state index in [0.717, 1.165) is 31.6 Å². The first kappa shape index (κ1) is 21.6. The van der Waals surface area contributed by atoms with Gasteiger partial charge in [-0.1, -0.05) is 42.5 Å². The van der Waals surface area contributed by atoms with Crippen LogP contribution < -0.4 is 5.32 Å². The minimum Gasteiger partial charge on any atom is -0.443 e. The maximum atomic E-state index is 12.3. The number of nitrogens with zero attached hydrogens (tertiary/aromatic N) is 2. The SMILES string of the molecule is O=C(NC1CCN(C(Cl)c2c3c(cc4ccccc24)C=CC2CC32)CC1)OCc1ccccn1. The third kappa shape index (κ3) is 4.19. The zero-order valence-corrected chi connectivity index (χ0v) is 19.7. The zero-order valence-electron chi connectivity index (χ0n) is 19.0. The number of ether oxygens (including phenoxy) is 1. The Kier molecular flexibility index (Phi) is 5.75. The fourth-order valence-electron chi connectivity index (χ4n) is 5.49. The van der Waals surface area contributed by atoms with Gasteiger partial charge in [0.15, 0.2) is 0 Å². The Morgan fingerprint density at radius 2 is 2.00 bits per heavy atom. The van der Waals surface area contributed by atoms with E-state index in [4.69, 9.17) is 16.3 Å². The summed E-state index contributed by atoms with van der Waals surface area (Å²) in [4.78, 5) is 18.8. The van der Waals surface area contributed by atoms with Crippen LogP contribution >= 0.6 is 11.6 Å². The molecule has 6 heteroatoms. The summed E-state index contributed by atoms with van der Waals surface area (Å²) in [6.45, 7) is 1.85. The lowest BCUT2D eigenvalue weighted by Crippen LogP contribution is -2.45. The molecule has 1 saturated carbocycles. The number of aromatic nitrogens is 1. The molecular formula is C28H28ClN3O2. The van der Waals surface area contributed by atoms with E-state index in [-0.39, 0.29) is 24.2 Å². The van der Waals surface area contributed by atoms with E-state index in [1.54, 1.807) is 6.20 Å². The van der Waals surface area contributed by atoms with E-state index in [1.165, 1.54) is 33.9 Å². The lowest BCUT2D eigenvalue weighted by atomic mass is 9.87. The standard InChI is InChI=1S/C28H28ClN3O2/c29-27(26-23-7-2-1-5-18(23)15-20-9-8-19-16-24(19)25(20)26)32-13-10-21(11-14-32)31-28(33)34-17-22-6-3-4-12-30-22/h1-9,12,15,19,21,24,27H,10-11,13-14,16-17H2,(H,31,33). The van der Waals surface area contributed by atoms with Gasteiger partial charge >= 0.3 is 6.09 Å². The van der Waals surface area contributed by atoms with Crippen molar-refractivity contribution in [3.05, 3.63) is 83.2 Å². The normalized spacial score (nSPS) is 22.6. The molecule has 2 aliphatic carbocycles. The van der Waals surface area contributed by atoms with Crippen LogP contribution in [0.15, 0.2) is 60.8 Å². The molecule has 2 fully saturated rings. The number of pyridine rings is 1. The van der Waals surface area contributed by atoms with Crippen LogP contribution in [-0.4, -0.2) is 35.1 Å². The molecule has 3 aromatic rings. The van der Waals surface area contributed by atoms with E-state index in [1.807, 2.05) is 18.2 Å². The fraction of sp³-hybridized carbons (Fsp3) is 0.357. The monoisotopic (exact) mass is 473 g/mol. The number of amides is 1. The molecule has 34 heavy (non-hydrogen) atoms. The summed E-state index contributed by atoms with van der Waals surface area (Å²) in [6, 6.07) is 16.6. The first-order valence-corrected chi connectivity index (χ1v) is 12.6. The number of carbonyl (C=O) groups excluding carboxylic acids is 1. The van der Waals surface area contributed by atoms with Crippen LogP contribution in [-0.2, 0) is 11.3 Å². The summed E-state index contributed by atoms with van der Waals surface area (Å²) < 4.78 is 5.34. The number of carbonyl (C=O) groups is 1. The fourth-order valence-corrected chi connectivity index (χ4v) is 5.92. The predicted molar refractivity (Wildman–Crippen MR) is 135 cm³/mol. The van der Waals surface area contributed by atoms with Gasteiger partial charge < -0.3 is 10.1 Å². The molecule has 1 N–H and O–H groups in total. The number of nitrogens with one attached hydrogen (secondary N) is 1. The van der Waals surface area contributed by atoms with E-state index >= 15 is 0 Å². The van der Waals surface area contributed by atoms with Gasteiger partial charge in [-0.25, -0.2) is 4.79 Å². The highest BCUT2D eigenvalue weighted by atomic mass is 35.5. The topological polar surface area (TPSA) is 54.5 Å². The van der Waals surface area contributed by atoms with E-state index in [2.05, 4.69) is 57.7 Å². The highest BCUT2D eigenvalue weighted by Gasteiger charge is 2.43. The Morgan fingerprint density at radius 3 is 2.82 bits per heavy atom. The van der Waals surface area contributed by atoms with Crippen molar-refractivity contribution < 1.29 is 9.53 Å². The summed E-state index contributed by atoms with van der Waals surface area (Å²) >= 11 is 7.24. The molecule has 174 valence electrons. The first-order chi connectivity index (χ1) is 16.7. The molecule has 6 rings (SSSR count). The molecule has 3 aliphatic rings. The minimum atomic E-state index is -0.388. The third-order valence-electron chi connectivity index (χ3n) is 7.38. The molecule has 3 unspecified atom stereocenters. The number of alkyl halides is 1. The van der Waals surface area contributed by atoms with Crippen molar-refractivity contribution in [3.8, 4) is 0 Å². The number of hydrogen-bond acceptors (Lipinski definition) is 4. The maximum Gasteiger partial charge on any atom is 0.407 e. The molecule has 1 amide bonds. The number of alkyl carbamates (subject to hydrolysis) is 1. The smallest absolute Gasteiger partial charge is 0.407 e. The van der Waals surface area contributed by atoms with Crippen LogP contribution in [0, 0.1) is 5.92 Å². The van der Waals surface area contributed by atoms with Crippen molar-refractivity contribution in [2.24, 2.45) is 5.92 Å². The molecule has 2 aromatic carbocycles. The molecule has 1 aromatic heterocycles. The maximum absolute atomic E-state index is 12.3. The molecule has 5 nitrogen and oxygen atoms in total. The van der Waals surface area contributed by atoms with Crippen LogP contribution in [0.2, 0.25) is 0 Å². The number of allylic oxidation sites excluding steroid dienone is 1. The number of fused-ring (bicyclic) bond motifs is 4. The van der Waals surface area contributed by atoms with Gasteiger partial charge in [-0.05, 0) is 76.8 Å². The molecule has 0 radical (unpaired) electrons. The second kappa shape index (κ2) is 9.05. The number of likely N-dealkylation sites (tertiary alicyclic amines) is 1. The van der Waals surface area contributed by atoms with Crippen LogP contribution in [0.25, 0.3) is 16.8 Å². The van der Waals surface area contributed by atoms with Crippen molar-refractivity contribution in [1.29, 1.82) is 0 Å². The van der Waals surface area contributed by atoms with E-state index < -0.39 is 0 Å². The van der Waals surface area contributed by atoms with Crippen molar-refractivity contribution >= 4 is 34.5 Å². The van der Waals surface area contributed by atoms with Gasteiger partial charge in [-0.3, -0.25) is 9.88 Å². The Balaban J connectivity index is 1.13. The second-order valence-corrected chi connectivity index (χ2v) is 9.98. The lowest BCUT2D eigenvalue weighted by molar-refractivity contribution is 0.123. The first-order valence-electron chi connectivity index (χ1n) is 12.1. The van der Waals surface area contributed by atoms with Crippen LogP contribution in [0.1, 0.15) is 53.1 Å². The third-order valence-corrected chi connectivity index (χ3v) is 7.88. The van der Waals surface area contributed by atoms with Crippen molar-refractivity contribution in [2.75, 3.05) is 13.1 Å². The second-order valence-electron chi connectivity index (χ2n) is 9.57. The van der Waals surface area contributed by atoms with E-state index in [9.17, 15) is 4.79 Å². The number of rotatable bonds is 5.